The number of aromatic hydroxyl groups is 1. The van der Waals surface area contributed by atoms with E-state index in [1.807, 2.05) is 12.1 Å². The first-order valence-corrected chi connectivity index (χ1v) is 6.48. The van der Waals surface area contributed by atoms with E-state index in [1.165, 1.54) is 0 Å². The molecule has 104 valence electrons. The molecule has 0 aromatic heterocycles. The predicted molar refractivity (Wildman–Crippen MR) is 78.2 cm³/mol. The molecule has 2 aromatic carbocycles. The zero-order valence-corrected chi connectivity index (χ0v) is 11.9. The van der Waals surface area contributed by atoms with Gasteiger partial charge in [-0.15, -0.1) is 0 Å². The quantitative estimate of drug-likeness (QED) is 0.664. The lowest BCUT2D eigenvalue weighted by molar-refractivity contribution is 0.0729. The van der Waals surface area contributed by atoms with Crippen molar-refractivity contribution in [1.29, 1.82) is 0 Å². The van der Waals surface area contributed by atoms with E-state index >= 15 is 0 Å². The second-order valence-electron chi connectivity index (χ2n) is 5.69. The lowest BCUT2D eigenvalue weighted by atomic mass is 9.87. The Morgan fingerprint density at radius 2 is 1.70 bits per heavy atom. The van der Waals surface area contributed by atoms with E-state index in [0.29, 0.717) is 5.56 Å². The van der Waals surface area contributed by atoms with Crippen LogP contribution in [0.25, 0.3) is 0 Å². The molecular weight excluding hydrogens is 252 g/mol. The van der Waals surface area contributed by atoms with Crippen LogP contribution in [0.3, 0.4) is 0 Å². The van der Waals surface area contributed by atoms with Crippen molar-refractivity contribution in [2.24, 2.45) is 0 Å². The molecule has 0 atom stereocenters. The normalized spacial score (nSPS) is 11.2. The summed E-state index contributed by atoms with van der Waals surface area (Å²) in [6, 6.07) is 13.8. The maximum Gasteiger partial charge on any atom is 0.343 e. The molecule has 0 aliphatic heterocycles. The molecular formula is C17H18O3. The minimum atomic E-state index is -0.482. The van der Waals surface area contributed by atoms with Crippen LogP contribution < -0.4 is 4.74 Å². The van der Waals surface area contributed by atoms with Crippen molar-refractivity contribution in [2.75, 3.05) is 0 Å². The lowest BCUT2D eigenvalue weighted by Crippen LogP contribution is -2.12. The molecule has 0 bridgehead atoms. The highest BCUT2D eigenvalue weighted by molar-refractivity contribution is 5.91. The van der Waals surface area contributed by atoms with Crippen molar-refractivity contribution in [3.63, 3.8) is 0 Å². The van der Waals surface area contributed by atoms with Gasteiger partial charge in [0.25, 0.3) is 0 Å². The number of phenols is 1. The highest BCUT2D eigenvalue weighted by Crippen LogP contribution is 2.32. The molecule has 0 fully saturated rings. The van der Waals surface area contributed by atoms with Crippen molar-refractivity contribution in [1.82, 2.24) is 0 Å². The third-order valence-electron chi connectivity index (χ3n) is 3.04. The summed E-state index contributed by atoms with van der Waals surface area (Å²) in [4.78, 5) is 11.9. The first-order valence-electron chi connectivity index (χ1n) is 6.48. The van der Waals surface area contributed by atoms with Gasteiger partial charge in [0.05, 0.1) is 5.56 Å². The third-order valence-corrected chi connectivity index (χ3v) is 3.04. The molecule has 0 amide bonds. The Bertz CT molecular complexity index is 610. The predicted octanol–water partition coefficient (Wildman–Crippen LogP) is 3.91. The number of carbonyl (C=O) groups is 1. The number of hydrogen-bond acceptors (Lipinski definition) is 3. The van der Waals surface area contributed by atoms with Crippen LogP contribution in [0, 0.1) is 0 Å². The molecule has 2 rings (SSSR count). The maximum absolute atomic E-state index is 11.9. The van der Waals surface area contributed by atoms with Gasteiger partial charge in [-0.05, 0) is 35.2 Å². The van der Waals surface area contributed by atoms with Gasteiger partial charge < -0.3 is 9.84 Å². The van der Waals surface area contributed by atoms with Crippen molar-refractivity contribution in [2.45, 2.75) is 26.2 Å². The minimum absolute atomic E-state index is 0.0262. The molecule has 0 saturated heterocycles. The number of esters is 1. The Kier molecular flexibility index (Phi) is 3.79. The highest BCUT2D eigenvalue weighted by Gasteiger charge is 2.17. The summed E-state index contributed by atoms with van der Waals surface area (Å²) in [5.74, 6) is -0.335. The summed E-state index contributed by atoms with van der Waals surface area (Å²) in [6.45, 7) is 6.16. The van der Waals surface area contributed by atoms with Gasteiger partial charge in [0, 0.05) is 0 Å². The van der Waals surface area contributed by atoms with Crippen LogP contribution in [0.15, 0.2) is 48.5 Å². The summed E-state index contributed by atoms with van der Waals surface area (Å²) >= 11 is 0. The number of ether oxygens (including phenoxy) is 1. The average molecular weight is 270 g/mol. The fourth-order valence-corrected chi connectivity index (χ4v) is 1.80. The fourth-order valence-electron chi connectivity index (χ4n) is 1.80. The van der Waals surface area contributed by atoms with Crippen molar-refractivity contribution in [3.8, 4) is 11.5 Å². The largest absolute Gasteiger partial charge is 0.504 e. The Morgan fingerprint density at radius 1 is 1.05 bits per heavy atom. The summed E-state index contributed by atoms with van der Waals surface area (Å²) in [7, 11) is 0. The van der Waals surface area contributed by atoms with Crippen molar-refractivity contribution >= 4 is 5.97 Å². The molecule has 0 aliphatic carbocycles. The molecule has 0 unspecified atom stereocenters. The number of benzene rings is 2. The minimum Gasteiger partial charge on any atom is -0.504 e. The average Bonchev–Trinajstić information content (AvgIpc) is 2.41. The zero-order valence-electron chi connectivity index (χ0n) is 11.9. The summed E-state index contributed by atoms with van der Waals surface area (Å²) < 4.78 is 5.21. The molecule has 1 N–H and O–H groups in total. The fraction of sp³-hybridized carbons (Fsp3) is 0.235. The molecule has 0 radical (unpaired) electrons. The smallest absolute Gasteiger partial charge is 0.343 e. The standard InChI is InChI=1S/C17H18O3/c1-17(2,3)13-9-10-15(14(18)11-13)20-16(19)12-7-5-4-6-8-12/h4-11,18H,1-3H3. The highest BCUT2D eigenvalue weighted by atomic mass is 16.5. The molecule has 0 saturated carbocycles. The van der Waals surface area contributed by atoms with Gasteiger partial charge in [0.15, 0.2) is 11.5 Å². The lowest BCUT2D eigenvalue weighted by Gasteiger charge is -2.19. The second kappa shape index (κ2) is 5.37. The van der Waals surface area contributed by atoms with Crippen LogP contribution in [0.4, 0.5) is 0 Å². The molecule has 0 spiro atoms. The van der Waals surface area contributed by atoms with Gasteiger partial charge in [0.1, 0.15) is 0 Å². The van der Waals surface area contributed by atoms with E-state index in [1.54, 1.807) is 36.4 Å². The SMILES string of the molecule is CC(C)(C)c1ccc(OC(=O)c2ccccc2)c(O)c1. The molecule has 2 aromatic rings. The Balaban J connectivity index is 2.21. The number of phenolic OH excluding ortho intramolecular Hbond substituents is 1. The van der Waals surface area contributed by atoms with E-state index in [0.717, 1.165) is 5.56 Å². The van der Waals surface area contributed by atoms with Crippen LogP contribution in [0.1, 0.15) is 36.7 Å². The molecule has 20 heavy (non-hydrogen) atoms. The van der Waals surface area contributed by atoms with Gasteiger partial charge >= 0.3 is 5.97 Å². The Hall–Kier alpha value is -2.29. The van der Waals surface area contributed by atoms with E-state index in [2.05, 4.69) is 20.8 Å². The molecule has 0 heterocycles. The summed E-state index contributed by atoms with van der Waals surface area (Å²) in [6.07, 6.45) is 0. The van der Waals surface area contributed by atoms with Crippen molar-refractivity contribution < 1.29 is 14.6 Å². The maximum atomic E-state index is 11.9. The van der Waals surface area contributed by atoms with E-state index < -0.39 is 5.97 Å². The summed E-state index contributed by atoms with van der Waals surface area (Å²) in [5.41, 5.74) is 1.36. The van der Waals surface area contributed by atoms with Gasteiger partial charge in [-0.25, -0.2) is 4.79 Å². The Morgan fingerprint density at radius 3 is 2.25 bits per heavy atom. The summed E-state index contributed by atoms with van der Waals surface area (Å²) in [5, 5.41) is 9.97. The van der Waals surface area contributed by atoms with Gasteiger partial charge in [-0.2, -0.15) is 0 Å². The number of carbonyl (C=O) groups excluding carboxylic acids is 1. The van der Waals surface area contributed by atoms with Crippen LogP contribution in [-0.4, -0.2) is 11.1 Å². The first kappa shape index (κ1) is 14.1. The van der Waals surface area contributed by atoms with Gasteiger partial charge in [-0.3, -0.25) is 0 Å². The molecule has 0 aliphatic rings. The van der Waals surface area contributed by atoms with Crippen LogP contribution >= 0.6 is 0 Å². The third kappa shape index (κ3) is 3.18. The number of rotatable bonds is 2. The van der Waals surface area contributed by atoms with Crippen molar-refractivity contribution in [3.05, 3.63) is 59.7 Å². The van der Waals surface area contributed by atoms with Crippen LogP contribution in [0.2, 0.25) is 0 Å². The van der Waals surface area contributed by atoms with E-state index in [4.69, 9.17) is 4.74 Å². The topological polar surface area (TPSA) is 46.5 Å². The van der Waals surface area contributed by atoms with E-state index in [9.17, 15) is 9.90 Å². The van der Waals surface area contributed by atoms with Crippen LogP contribution in [-0.2, 0) is 5.41 Å². The Labute approximate surface area is 118 Å². The molecule has 3 heteroatoms. The monoisotopic (exact) mass is 270 g/mol. The zero-order chi connectivity index (χ0) is 14.8. The second-order valence-corrected chi connectivity index (χ2v) is 5.69. The van der Waals surface area contributed by atoms with Gasteiger partial charge in [-0.1, -0.05) is 45.0 Å². The first-order chi connectivity index (χ1) is 9.38. The van der Waals surface area contributed by atoms with Gasteiger partial charge in [0.2, 0.25) is 0 Å². The molecule has 3 nitrogen and oxygen atoms in total. The van der Waals surface area contributed by atoms with E-state index in [-0.39, 0.29) is 16.9 Å². The van der Waals surface area contributed by atoms with Crippen LogP contribution in [0.5, 0.6) is 11.5 Å². The number of hydrogen-bond donors (Lipinski definition) is 1.